The van der Waals surface area contributed by atoms with Crippen molar-refractivity contribution in [2.75, 3.05) is 25.9 Å². The number of morpholine rings is 1. The van der Waals surface area contributed by atoms with E-state index >= 15 is 0 Å². The average Bonchev–Trinajstić information content (AvgIpc) is 1.82. The number of nitrogens with zero attached hydrogens (tertiary/aromatic N) is 1. The van der Waals surface area contributed by atoms with E-state index in [0.29, 0.717) is 6.10 Å². The standard InChI is InChI=1S/C9H21NOSi/c1-9-7-10(5-6-11-9)8-12(2,3)4/h9H,5-8H2,1-4H3/t9-/m0/s1. The molecule has 0 radical (unpaired) electrons. The normalized spacial score (nSPS) is 27.5. The zero-order chi connectivity index (χ0) is 9.19. The van der Waals surface area contributed by atoms with Gasteiger partial charge in [-0.3, -0.25) is 0 Å². The average molecular weight is 187 g/mol. The molecule has 1 rings (SSSR count). The molecule has 0 aliphatic carbocycles. The molecule has 3 heteroatoms. The highest BCUT2D eigenvalue weighted by Crippen LogP contribution is 2.09. The van der Waals surface area contributed by atoms with Crippen LogP contribution < -0.4 is 0 Å². The molecule has 1 atom stereocenters. The van der Waals surface area contributed by atoms with Crippen LogP contribution in [0.1, 0.15) is 6.92 Å². The van der Waals surface area contributed by atoms with E-state index in [0.717, 1.165) is 19.7 Å². The van der Waals surface area contributed by atoms with Gasteiger partial charge >= 0.3 is 0 Å². The molecular weight excluding hydrogens is 166 g/mol. The summed E-state index contributed by atoms with van der Waals surface area (Å²) in [5.74, 6) is 0. The van der Waals surface area contributed by atoms with Gasteiger partial charge in [0.15, 0.2) is 0 Å². The molecule has 0 saturated carbocycles. The number of ether oxygens (including phenoxy) is 1. The van der Waals surface area contributed by atoms with Crippen molar-refractivity contribution in [1.29, 1.82) is 0 Å². The van der Waals surface area contributed by atoms with Gasteiger partial charge in [0.1, 0.15) is 0 Å². The zero-order valence-corrected chi connectivity index (χ0v) is 9.76. The van der Waals surface area contributed by atoms with Crippen LogP contribution in [0.15, 0.2) is 0 Å². The lowest BCUT2D eigenvalue weighted by Crippen LogP contribution is -2.48. The summed E-state index contributed by atoms with van der Waals surface area (Å²) in [6, 6.07) is 0. The Balaban J connectivity index is 2.32. The fourth-order valence-corrected chi connectivity index (χ4v) is 3.33. The molecule has 2 nitrogen and oxygen atoms in total. The second-order valence-electron chi connectivity index (χ2n) is 4.98. The lowest BCUT2D eigenvalue weighted by molar-refractivity contribution is -0.0123. The van der Waals surface area contributed by atoms with E-state index in [9.17, 15) is 0 Å². The highest BCUT2D eigenvalue weighted by molar-refractivity contribution is 6.76. The number of hydrogen-bond donors (Lipinski definition) is 0. The van der Waals surface area contributed by atoms with Crippen molar-refractivity contribution in [3.8, 4) is 0 Å². The van der Waals surface area contributed by atoms with Gasteiger partial charge in [-0.15, -0.1) is 0 Å². The molecule has 1 saturated heterocycles. The molecule has 0 amide bonds. The Morgan fingerprint density at radius 3 is 2.58 bits per heavy atom. The Hall–Kier alpha value is 0.137. The first-order valence-electron chi connectivity index (χ1n) is 4.81. The summed E-state index contributed by atoms with van der Waals surface area (Å²) < 4.78 is 5.50. The summed E-state index contributed by atoms with van der Waals surface area (Å²) in [7, 11) is -0.904. The van der Waals surface area contributed by atoms with Crippen LogP contribution in [0, 0.1) is 0 Å². The van der Waals surface area contributed by atoms with Crippen LogP contribution in [-0.4, -0.2) is 44.9 Å². The van der Waals surface area contributed by atoms with Crippen molar-refractivity contribution >= 4 is 8.07 Å². The van der Waals surface area contributed by atoms with E-state index in [1.165, 1.54) is 6.17 Å². The summed E-state index contributed by atoms with van der Waals surface area (Å²) in [6.45, 7) is 12.6. The first-order chi connectivity index (χ1) is 5.47. The van der Waals surface area contributed by atoms with Gasteiger partial charge in [-0.05, 0) is 13.1 Å². The molecule has 1 fully saturated rings. The van der Waals surface area contributed by atoms with Crippen LogP contribution in [-0.2, 0) is 4.74 Å². The molecule has 0 aromatic rings. The third-order valence-corrected chi connectivity index (χ3v) is 3.42. The minimum Gasteiger partial charge on any atom is -0.376 e. The van der Waals surface area contributed by atoms with Gasteiger partial charge in [-0.2, -0.15) is 0 Å². The molecule has 72 valence electrons. The third kappa shape index (κ3) is 3.69. The number of hydrogen-bond acceptors (Lipinski definition) is 2. The largest absolute Gasteiger partial charge is 0.376 e. The smallest absolute Gasteiger partial charge is 0.0674 e. The second kappa shape index (κ2) is 3.90. The van der Waals surface area contributed by atoms with Gasteiger partial charge in [0, 0.05) is 13.1 Å². The molecule has 0 aromatic heterocycles. The van der Waals surface area contributed by atoms with E-state index in [4.69, 9.17) is 4.74 Å². The molecule has 12 heavy (non-hydrogen) atoms. The molecular formula is C9H21NOSi. The lowest BCUT2D eigenvalue weighted by atomic mass is 10.3. The molecule has 1 aliphatic rings. The fraction of sp³-hybridized carbons (Fsp3) is 1.00. The van der Waals surface area contributed by atoms with Crippen molar-refractivity contribution in [3.05, 3.63) is 0 Å². The third-order valence-electron chi connectivity index (χ3n) is 2.02. The molecule has 1 heterocycles. The maximum Gasteiger partial charge on any atom is 0.0674 e. The number of rotatable bonds is 2. The predicted molar refractivity (Wildman–Crippen MR) is 55.2 cm³/mol. The Kier molecular flexibility index (Phi) is 3.32. The van der Waals surface area contributed by atoms with Crippen LogP contribution in [0.4, 0.5) is 0 Å². The molecule has 0 spiro atoms. The zero-order valence-electron chi connectivity index (χ0n) is 8.76. The van der Waals surface area contributed by atoms with E-state index in [2.05, 4.69) is 31.5 Å². The van der Waals surface area contributed by atoms with Gasteiger partial charge in [0.2, 0.25) is 0 Å². The first kappa shape index (κ1) is 10.2. The van der Waals surface area contributed by atoms with Gasteiger partial charge in [0.05, 0.1) is 20.8 Å². The minimum absolute atomic E-state index is 0.440. The lowest BCUT2D eigenvalue weighted by Gasteiger charge is -2.34. The summed E-state index contributed by atoms with van der Waals surface area (Å²) in [4.78, 5) is 2.56. The van der Waals surface area contributed by atoms with Crippen LogP contribution >= 0.6 is 0 Å². The summed E-state index contributed by atoms with van der Waals surface area (Å²) >= 11 is 0. The molecule has 1 aliphatic heterocycles. The second-order valence-corrected chi connectivity index (χ2v) is 10.4. The summed E-state index contributed by atoms with van der Waals surface area (Å²) in [5.41, 5.74) is 0. The van der Waals surface area contributed by atoms with Gasteiger partial charge in [0.25, 0.3) is 0 Å². The van der Waals surface area contributed by atoms with E-state index < -0.39 is 8.07 Å². The predicted octanol–water partition coefficient (Wildman–Crippen LogP) is 1.58. The monoisotopic (exact) mass is 187 g/mol. The highest BCUT2D eigenvalue weighted by Gasteiger charge is 2.22. The van der Waals surface area contributed by atoms with E-state index in [1.807, 2.05) is 0 Å². The van der Waals surface area contributed by atoms with Crippen molar-refractivity contribution in [2.45, 2.75) is 32.7 Å². The summed E-state index contributed by atoms with van der Waals surface area (Å²) in [6.07, 6.45) is 1.76. The maximum atomic E-state index is 5.50. The Bertz CT molecular complexity index is 144. The van der Waals surface area contributed by atoms with Gasteiger partial charge in [-0.25, -0.2) is 0 Å². The van der Waals surface area contributed by atoms with Crippen molar-refractivity contribution < 1.29 is 4.74 Å². The van der Waals surface area contributed by atoms with E-state index in [1.54, 1.807) is 0 Å². The van der Waals surface area contributed by atoms with Crippen molar-refractivity contribution in [2.24, 2.45) is 0 Å². The van der Waals surface area contributed by atoms with Gasteiger partial charge < -0.3 is 9.64 Å². The van der Waals surface area contributed by atoms with Gasteiger partial charge in [-0.1, -0.05) is 19.6 Å². The topological polar surface area (TPSA) is 12.5 Å². The Morgan fingerprint density at radius 2 is 2.08 bits per heavy atom. The van der Waals surface area contributed by atoms with Crippen LogP contribution in [0.5, 0.6) is 0 Å². The van der Waals surface area contributed by atoms with Crippen LogP contribution in [0.3, 0.4) is 0 Å². The molecule has 0 bridgehead atoms. The molecule has 0 unspecified atom stereocenters. The van der Waals surface area contributed by atoms with Crippen LogP contribution in [0.25, 0.3) is 0 Å². The van der Waals surface area contributed by atoms with Crippen molar-refractivity contribution in [1.82, 2.24) is 4.90 Å². The highest BCUT2D eigenvalue weighted by atomic mass is 28.3. The quantitative estimate of drug-likeness (QED) is 0.609. The van der Waals surface area contributed by atoms with E-state index in [-0.39, 0.29) is 0 Å². The Labute approximate surface area is 76.9 Å². The molecule has 0 N–H and O–H groups in total. The molecule has 0 aromatic carbocycles. The fourth-order valence-electron chi connectivity index (χ4n) is 1.71. The minimum atomic E-state index is -0.904. The summed E-state index contributed by atoms with van der Waals surface area (Å²) in [5, 5.41) is 0. The Morgan fingerprint density at radius 1 is 1.42 bits per heavy atom. The van der Waals surface area contributed by atoms with Crippen molar-refractivity contribution in [3.63, 3.8) is 0 Å². The maximum absolute atomic E-state index is 5.50. The van der Waals surface area contributed by atoms with Crippen LogP contribution in [0.2, 0.25) is 19.6 Å². The SMILES string of the molecule is C[C@H]1CN(C[Si](C)(C)C)CCO1. The first-order valence-corrected chi connectivity index (χ1v) is 8.52.